The van der Waals surface area contributed by atoms with Gasteiger partial charge in [0.15, 0.2) is 0 Å². The zero-order valence-corrected chi connectivity index (χ0v) is 9.09. The third-order valence-electron chi connectivity index (χ3n) is 2.83. The van der Waals surface area contributed by atoms with Crippen LogP contribution in [0, 0.1) is 6.92 Å². The molecule has 0 aromatic carbocycles. The summed E-state index contributed by atoms with van der Waals surface area (Å²) in [5.74, 6) is 1.34. The third-order valence-corrected chi connectivity index (χ3v) is 2.83. The van der Waals surface area contributed by atoms with Gasteiger partial charge in [0.05, 0.1) is 17.6 Å². The molecule has 16 heavy (non-hydrogen) atoms. The average molecular weight is 215 g/mol. The van der Waals surface area contributed by atoms with Crippen LogP contribution >= 0.6 is 0 Å². The van der Waals surface area contributed by atoms with Gasteiger partial charge < -0.3 is 10.3 Å². The second kappa shape index (κ2) is 3.30. The van der Waals surface area contributed by atoms with E-state index in [4.69, 9.17) is 5.73 Å². The molecule has 0 radical (unpaired) electrons. The lowest BCUT2D eigenvalue weighted by Crippen LogP contribution is -2.02. The van der Waals surface area contributed by atoms with E-state index in [1.807, 2.05) is 19.2 Å². The molecule has 0 saturated heterocycles. The SMILES string of the molecule is Cc1ncc(-c2ccnc(N)n2)n1C1CC1. The van der Waals surface area contributed by atoms with Crippen molar-refractivity contribution < 1.29 is 0 Å². The van der Waals surface area contributed by atoms with E-state index in [0.717, 1.165) is 17.2 Å². The molecule has 0 amide bonds. The van der Waals surface area contributed by atoms with Gasteiger partial charge in [-0.3, -0.25) is 0 Å². The van der Waals surface area contributed by atoms with Gasteiger partial charge in [0.25, 0.3) is 0 Å². The highest BCUT2D eigenvalue weighted by molar-refractivity contribution is 5.55. The molecule has 82 valence electrons. The zero-order chi connectivity index (χ0) is 11.1. The van der Waals surface area contributed by atoms with Crippen molar-refractivity contribution in [1.29, 1.82) is 0 Å². The van der Waals surface area contributed by atoms with Gasteiger partial charge >= 0.3 is 0 Å². The van der Waals surface area contributed by atoms with Crippen molar-refractivity contribution in [3.05, 3.63) is 24.3 Å². The lowest BCUT2D eigenvalue weighted by molar-refractivity contribution is 0.716. The first-order chi connectivity index (χ1) is 7.75. The summed E-state index contributed by atoms with van der Waals surface area (Å²) in [5.41, 5.74) is 7.48. The minimum absolute atomic E-state index is 0.304. The second-order valence-corrected chi connectivity index (χ2v) is 4.09. The third kappa shape index (κ3) is 1.44. The van der Waals surface area contributed by atoms with Crippen molar-refractivity contribution in [2.45, 2.75) is 25.8 Å². The number of anilines is 1. The fraction of sp³-hybridized carbons (Fsp3) is 0.364. The molecule has 5 heteroatoms. The van der Waals surface area contributed by atoms with E-state index in [9.17, 15) is 0 Å². The normalized spacial score (nSPS) is 15.3. The minimum Gasteiger partial charge on any atom is -0.368 e. The quantitative estimate of drug-likeness (QED) is 0.825. The van der Waals surface area contributed by atoms with E-state index in [-0.39, 0.29) is 0 Å². The average Bonchev–Trinajstić information content (AvgIpc) is 3.02. The molecule has 0 atom stereocenters. The van der Waals surface area contributed by atoms with Crippen LogP contribution in [0.5, 0.6) is 0 Å². The van der Waals surface area contributed by atoms with E-state index in [1.54, 1.807) is 6.20 Å². The summed E-state index contributed by atoms with van der Waals surface area (Å²) < 4.78 is 2.24. The Hall–Kier alpha value is -1.91. The van der Waals surface area contributed by atoms with Gasteiger partial charge in [-0.05, 0) is 25.8 Å². The van der Waals surface area contributed by atoms with Crippen LogP contribution in [0.3, 0.4) is 0 Å². The number of aromatic nitrogens is 4. The van der Waals surface area contributed by atoms with E-state index in [0.29, 0.717) is 12.0 Å². The first-order valence-corrected chi connectivity index (χ1v) is 5.38. The van der Waals surface area contributed by atoms with E-state index in [2.05, 4.69) is 19.5 Å². The molecule has 3 rings (SSSR count). The van der Waals surface area contributed by atoms with Crippen LogP contribution in [-0.4, -0.2) is 19.5 Å². The Kier molecular flexibility index (Phi) is 1.92. The summed E-state index contributed by atoms with van der Waals surface area (Å²) in [6.45, 7) is 2.02. The van der Waals surface area contributed by atoms with Gasteiger partial charge in [0.2, 0.25) is 5.95 Å². The monoisotopic (exact) mass is 215 g/mol. The molecule has 1 aliphatic rings. The summed E-state index contributed by atoms with van der Waals surface area (Å²) in [6, 6.07) is 2.46. The van der Waals surface area contributed by atoms with Crippen molar-refractivity contribution in [2.24, 2.45) is 0 Å². The maximum Gasteiger partial charge on any atom is 0.220 e. The summed E-state index contributed by atoms with van der Waals surface area (Å²) in [4.78, 5) is 12.5. The molecule has 5 nitrogen and oxygen atoms in total. The number of rotatable bonds is 2. The Balaban J connectivity index is 2.12. The van der Waals surface area contributed by atoms with Crippen molar-refractivity contribution in [1.82, 2.24) is 19.5 Å². The number of nitrogens with zero attached hydrogens (tertiary/aromatic N) is 4. The predicted octanol–water partition coefficient (Wildman–Crippen LogP) is 1.57. The van der Waals surface area contributed by atoms with E-state index >= 15 is 0 Å². The van der Waals surface area contributed by atoms with Crippen molar-refractivity contribution in [3.8, 4) is 11.4 Å². The number of hydrogen-bond acceptors (Lipinski definition) is 4. The van der Waals surface area contributed by atoms with Gasteiger partial charge in [-0.2, -0.15) is 0 Å². The van der Waals surface area contributed by atoms with E-state index < -0.39 is 0 Å². The van der Waals surface area contributed by atoms with Crippen LogP contribution in [0.2, 0.25) is 0 Å². The van der Waals surface area contributed by atoms with Crippen molar-refractivity contribution in [2.75, 3.05) is 5.73 Å². The van der Waals surface area contributed by atoms with Gasteiger partial charge in [-0.1, -0.05) is 0 Å². The molecule has 0 bridgehead atoms. The Morgan fingerprint density at radius 3 is 2.88 bits per heavy atom. The molecule has 2 aromatic rings. The Morgan fingerprint density at radius 1 is 1.38 bits per heavy atom. The van der Waals surface area contributed by atoms with Crippen molar-refractivity contribution in [3.63, 3.8) is 0 Å². The fourth-order valence-electron chi connectivity index (χ4n) is 1.95. The van der Waals surface area contributed by atoms with Gasteiger partial charge in [-0.25, -0.2) is 15.0 Å². The van der Waals surface area contributed by atoms with Crippen LogP contribution in [0.4, 0.5) is 5.95 Å². The van der Waals surface area contributed by atoms with Gasteiger partial charge in [0.1, 0.15) is 5.82 Å². The Morgan fingerprint density at radius 2 is 2.19 bits per heavy atom. The molecule has 0 aliphatic heterocycles. The number of nitrogen functional groups attached to an aromatic ring is 1. The lowest BCUT2D eigenvalue weighted by Gasteiger charge is -2.08. The summed E-state index contributed by atoms with van der Waals surface area (Å²) in [6.07, 6.45) is 5.99. The van der Waals surface area contributed by atoms with Crippen LogP contribution in [0.25, 0.3) is 11.4 Å². The van der Waals surface area contributed by atoms with Crippen molar-refractivity contribution >= 4 is 5.95 Å². The van der Waals surface area contributed by atoms with E-state index in [1.165, 1.54) is 12.8 Å². The maximum absolute atomic E-state index is 5.59. The van der Waals surface area contributed by atoms with Gasteiger partial charge in [-0.15, -0.1) is 0 Å². The first-order valence-electron chi connectivity index (χ1n) is 5.38. The van der Waals surface area contributed by atoms with Gasteiger partial charge in [0, 0.05) is 12.2 Å². The Labute approximate surface area is 93.4 Å². The predicted molar refractivity (Wildman–Crippen MR) is 60.7 cm³/mol. The first kappa shape index (κ1) is 9.33. The number of hydrogen-bond donors (Lipinski definition) is 1. The molecule has 0 spiro atoms. The van der Waals surface area contributed by atoms with Crippen LogP contribution in [0.15, 0.2) is 18.5 Å². The molecular weight excluding hydrogens is 202 g/mol. The Bertz CT molecular complexity index is 527. The summed E-state index contributed by atoms with van der Waals surface area (Å²) in [7, 11) is 0. The molecule has 2 heterocycles. The topological polar surface area (TPSA) is 69.6 Å². The number of imidazole rings is 1. The molecular formula is C11H13N5. The molecule has 1 saturated carbocycles. The minimum atomic E-state index is 0.304. The summed E-state index contributed by atoms with van der Waals surface area (Å²) >= 11 is 0. The molecule has 1 aliphatic carbocycles. The maximum atomic E-state index is 5.59. The van der Waals surface area contributed by atoms with Crippen LogP contribution in [0.1, 0.15) is 24.7 Å². The highest BCUT2D eigenvalue weighted by atomic mass is 15.1. The van der Waals surface area contributed by atoms with Crippen LogP contribution in [-0.2, 0) is 0 Å². The molecule has 2 aromatic heterocycles. The largest absolute Gasteiger partial charge is 0.368 e. The zero-order valence-electron chi connectivity index (χ0n) is 9.09. The molecule has 2 N–H and O–H groups in total. The lowest BCUT2D eigenvalue weighted by atomic mass is 10.3. The second-order valence-electron chi connectivity index (χ2n) is 4.09. The van der Waals surface area contributed by atoms with Crippen LogP contribution < -0.4 is 5.73 Å². The standard InChI is InChI=1S/C11H13N5/c1-7-14-6-10(16(7)8-2-3-8)9-4-5-13-11(12)15-9/h4-6,8H,2-3H2,1H3,(H2,12,13,15). The number of nitrogens with two attached hydrogens (primary N) is 1. The summed E-state index contributed by atoms with van der Waals surface area (Å²) in [5, 5.41) is 0. The highest BCUT2D eigenvalue weighted by Crippen LogP contribution is 2.39. The fourth-order valence-corrected chi connectivity index (χ4v) is 1.95. The molecule has 0 unspecified atom stereocenters. The number of aryl methyl sites for hydroxylation is 1. The highest BCUT2D eigenvalue weighted by Gasteiger charge is 2.27. The smallest absolute Gasteiger partial charge is 0.220 e. The molecule has 1 fully saturated rings.